The number of carbonyl (C=O) groups is 1. The van der Waals surface area contributed by atoms with Crippen LogP contribution < -0.4 is 5.32 Å². The van der Waals surface area contributed by atoms with E-state index in [0.717, 1.165) is 16.8 Å². The minimum Gasteiger partial charge on any atom is -0.320 e. The van der Waals surface area contributed by atoms with E-state index in [1.165, 1.54) is 6.20 Å². The summed E-state index contributed by atoms with van der Waals surface area (Å²) in [4.78, 5) is 12.3. The summed E-state index contributed by atoms with van der Waals surface area (Å²) in [5, 5.41) is 7.31. The molecule has 1 heterocycles. The zero-order valence-electron chi connectivity index (χ0n) is 11.2. The number of nitrogens with one attached hydrogen (secondary N) is 1. The van der Waals surface area contributed by atoms with E-state index in [0.29, 0.717) is 17.3 Å². The van der Waals surface area contributed by atoms with E-state index in [1.54, 1.807) is 4.68 Å². The molecule has 0 aliphatic rings. The molecule has 0 saturated heterocycles. The van der Waals surface area contributed by atoms with Crippen LogP contribution in [0.5, 0.6) is 0 Å². The third-order valence-electron chi connectivity index (χ3n) is 2.95. The topological polar surface area (TPSA) is 46.9 Å². The molecule has 4 nitrogen and oxygen atoms in total. The molecule has 1 amide bonds. The highest BCUT2D eigenvalue weighted by Gasteiger charge is 2.17. The van der Waals surface area contributed by atoms with Crippen molar-refractivity contribution in [2.75, 3.05) is 5.32 Å². The molecule has 0 radical (unpaired) electrons. The molecule has 2 rings (SSSR count). The predicted molar refractivity (Wildman–Crippen MR) is 76.8 cm³/mol. The number of anilines is 1. The molecule has 0 bridgehead atoms. The summed E-state index contributed by atoms with van der Waals surface area (Å²) < 4.78 is 1.59. The monoisotopic (exact) mass is 277 g/mol. The molecule has 0 unspecified atom stereocenters. The summed E-state index contributed by atoms with van der Waals surface area (Å²) in [6, 6.07) is 5.92. The highest BCUT2D eigenvalue weighted by Crippen LogP contribution is 2.20. The van der Waals surface area contributed by atoms with Crippen LogP contribution in [0.15, 0.2) is 24.4 Å². The van der Waals surface area contributed by atoms with Gasteiger partial charge in [0.15, 0.2) is 0 Å². The van der Waals surface area contributed by atoms with Crippen molar-refractivity contribution in [3.63, 3.8) is 0 Å². The number of hydrogen-bond donors (Lipinski definition) is 1. The lowest BCUT2D eigenvalue weighted by atomic mass is 10.1. The number of aryl methyl sites for hydroxylation is 3. The maximum absolute atomic E-state index is 12.3. The Labute approximate surface area is 117 Å². The number of aromatic nitrogens is 2. The smallest absolute Gasteiger partial charge is 0.275 e. The number of hydrogen-bond acceptors (Lipinski definition) is 2. The van der Waals surface area contributed by atoms with Crippen molar-refractivity contribution in [3.05, 3.63) is 46.2 Å². The van der Waals surface area contributed by atoms with Crippen LogP contribution in [0.3, 0.4) is 0 Å². The number of amides is 1. The molecule has 1 aromatic heterocycles. The Morgan fingerprint density at radius 2 is 2.16 bits per heavy atom. The molecular formula is C14H16ClN3O. The molecule has 0 saturated carbocycles. The Balaban J connectivity index is 2.30. The fourth-order valence-electron chi connectivity index (χ4n) is 1.88. The Bertz CT molecular complexity index is 619. The van der Waals surface area contributed by atoms with Crippen LogP contribution in [0.2, 0.25) is 5.02 Å². The molecule has 1 aromatic carbocycles. The van der Waals surface area contributed by atoms with Gasteiger partial charge in [0.2, 0.25) is 0 Å². The SMILES string of the molecule is CCn1ncc(Cl)c1C(=O)Nc1cc(C)ccc1C. The Morgan fingerprint density at radius 1 is 1.42 bits per heavy atom. The number of rotatable bonds is 3. The second kappa shape index (κ2) is 5.45. The quantitative estimate of drug-likeness (QED) is 0.934. The van der Waals surface area contributed by atoms with E-state index >= 15 is 0 Å². The third kappa shape index (κ3) is 2.79. The van der Waals surface area contributed by atoms with Crippen LogP contribution in [-0.4, -0.2) is 15.7 Å². The van der Waals surface area contributed by atoms with Gasteiger partial charge in [0, 0.05) is 12.2 Å². The van der Waals surface area contributed by atoms with E-state index in [1.807, 2.05) is 39.0 Å². The van der Waals surface area contributed by atoms with Crippen LogP contribution in [0.1, 0.15) is 28.5 Å². The van der Waals surface area contributed by atoms with Crippen molar-refractivity contribution in [1.29, 1.82) is 0 Å². The van der Waals surface area contributed by atoms with Crippen LogP contribution in [0.25, 0.3) is 0 Å². The van der Waals surface area contributed by atoms with Gasteiger partial charge in [-0.2, -0.15) is 5.10 Å². The van der Waals surface area contributed by atoms with Crippen LogP contribution in [0, 0.1) is 13.8 Å². The molecule has 1 N–H and O–H groups in total. The Kier molecular flexibility index (Phi) is 3.90. The van der Waals surface area contributed by atoms with Gasteiger partial charge in [-0.3, -0.25) is 9.48 Å². The van der Waals surface area contributed by atoms with Gasteiger partial charge in [-0.1, -0.05) is 23.7 Å². The van der Waals surface area contributed by atoms with Gasteiger partial charge < -0.3 is 5.32 Å². The summed E-state index contributed by atoms with van der Waals surface area (Å²) in [6.07, 6.45) is 1.49. The minimum absolute atomic E-state index is 0.238. The van der Waals surface area contributed by atoms with E-state index in [-0.39, 0.29) is 5.91 Å². The number of carbonyl (C=O) groups excluding carboxylic acids is 1. The first-order chi connectivity index (χ1) is 9.02. The lowest BCUT2D eigenvalue weighted by Gasteiger charge is -2.10. The van der Waals surface area contributed by atoms with E-state index in [9.17, 15) is 4.79 Å². The second-order valence-corrected chi connectivity index (χ2v) is 4.84. The zero-order valence-corrected chi connectivity index (χ0v) is 12.0. The highest BCUT2D eigenvalue weighted by molar-refractivity contribution is 6.34. The second-order valence-electron chi connectivity index (χ2n) is 4.43. The van der Waals surface area contributed by atoms with Crippen molar-refractivity contribution in [2.45, 2.75) is 27.3 Å². The predicted octanol–water partition coefficient (Wildman–Crippen LogP) is 3.43. The molecule has 0 aliphatic heterocycles. The molecule has 0 aliphatic carbocycles. The largest absolute Gasteiger partial charge is 0.320 e. The molecule has 0 fully saturated rings. The molecule has 2 aromatic rings. The first-order valence-corrected chi connectivity index (χ1v) is 6.50. The van der Waals surface area contributed by atoms with Crippen LogP contribution in [0.4, 0.5) is 5.69 Å². The first-order valence-electron chi connectivity index (χ1n) is 6.12. The van der Waals surface area contributed by atoms with E-state index in [4.69, 9.17) is 11.6 Å². The molecule has 0 atom stereocenters. The van der Waals surface area contributed by atoms with E-state index < -0.39 is 0 Å². The summed E-state index contributed by atoms with van der Waals surface area (Å²) in [7, 11) is 0. The van der Waals surface area contributed by atoms with Crippen LogP contribution >= 0.6 is 11.6 Å². The maximum Gasteiger partial charge on any atom is 0.275 e. The van der Waals surface area contributed by atoms with E-state index in [2.05, 4.69) is 10.4 Å². The minimum atomic E-state index is -0.238. The Hall–Kier alpha value is -1.81. The lowest BCUT2D eigenvalue weighted by Crippen LogP contribution is -2.18. The summed E-state index contributed by atoms with van der Waals surface area (Å²) in [5.41, 5.74) is 3.30. The highest BCUT2D eigenvalue weighted by atomic mass is 35.5. The van der Waals surface area contributed by atoms with Crippen molar-refractivity contribution in [1.82, 2.24) is 9.78 Å². The normalized spacial score (nSPS) is 10.5. The van der Waals surface area contributed by atoms with Crippen molar-refractivity contribution in [2.24, 2.45) is 0 Å². The molecule has 19 heavy (non-hydrogen) atoms. The first kappa shape index (κ1) is 13.6. The standard InChI is InChI=1S/C14H16ClN3O/c1-4-18-13(11(15)8-16-18)14(19)17-12-7-9(2)5-6-10(12)3/h5-8H,4H2,1-3H3,(H,17,19). The van der Waals surface area contributed by atoms with Crippen molar-refractivity contribution >= 4 is 23.2 Å². The van der Waals surface area contributed by atoms with Gasteiger partial charge in [-0.05, 0) is 38.0 Å². The average Bonchev–Trinajstić information content (AvgIpc) is 2.75. The summed E-state index contributed by atoms with van der Waals surface area (Å²) >= 11 is 6.01. The van der Waals surface area contributed by atoms with Gasteiger partial charge in [-0.25, -0.2) is 0 Å². The number of halogens is 1. The molecular weight excluding hydrogens is 262 g/mol. The number of benzene rings is 1. The van der Waals surface area contributed by atoms with Crippen molar-refractivity contribution in [3.8, 4) is 0 Å². The Morgan fingerprint density at radius 3 is 2.84 bits per heavy atom. The van der Waals surface area contributed by atoms with Gasteiger partial charge in [0.25, 0.3) is 5.91 Å². The fraction of sp³-hybridized carbons (Fsp3) is 0.286. The zero-order chi connectivity index (χ0) is 14.0. The number of nitrogens with zero attached hydrogens (tertiary/aromatic N) is 2. The van der Waals surface area contributed by atoms with Gasteiger partial charge in [0.05, 0.1) is 11.2 Å². The van der Waals surface area contributed by atoms with Gasteiger partial charge >= 0.3 is 0 Å². The molecule has 5 heteroatoms. The third-order valence-corrected chi connectivity index (χ3v) is 3.23. The average molecular weight is 278 g/mol. The van der Waals surface area contributed by atoms with Gasteiger partial charge in [-0.15, -0.1) is 0 Å². The van der Waals surface area contributed by atoms with Crippen LogP contribution in [-0.2, 0) is 6.54 Å². The maximum atomic E-state index is 12.3. The lowest BCUT2D eigenvalue weighted by molar-refractivity contribution is 0.101. The van der Waals surface area contributed by atoms with Crippen molar-refractivity contribution < 1.29 is 4.79 Å². The molecule has 100 valence electrons. The van der Waals surface area contributed by atoms with Gasteiger partial charge in [0.1, 0.15) is 5.69 Å². The molecule has 0 spiro atoms. The fourth-order valence-corrected chi connectivity index (χ4v) is 2.11. The summed E-state index contributed by atoms with van der Waals surface area (Å²) in [6.45, 7) is 6.45. The summed E-state index contributed by atoms with van der Waals surface area (Å²) in [5.74, 6) is -0.238.